The standard InChI is InChI=1S/C26H26O4/c1-26(2)22(16-8-12-18(13-9-16)24(27)29-3)20-6-5-7-21(20)23(26)17-10-14-19(15-11-17)25(28)30-4/h5-6,8-15,20-21H,7H2,1-4H3. The fourth-order valence-electron chi connectivity index (χ4n) is 5.21. The molecule has 0 amide bonds. The van der Waals surface area contributed by atoms with Gasteiger partial charge in [0.1, 0.15) is 0 Å². The first kappa shape index (κ1) is 20.4. The summed E-state index contributed by atoms with van der Waals surface area (Å²) in [6.45, 7) is 4.54. The van der Waals surface area contributed by atoms with Crippen LogP contribution in [0.15, 0.2) is 60.7 Å². The molecule has 0 heterocycles. The zero-order chi connectivity index (χ0) is 21.5. The van der Waals surface area contributed by atoms with E-state index in [4.69, 9.17) is 9.47 Å². The van der Waals surface area contributed by atoms with Crippen LogP contribution in [0.3, 0.4) is 0 Å². The van der Waals surface area contributed by atoms with Crippen molar-refractivity contribution < 1.29 is 19.1 Å². The molecule has 2 unspecified atom stereocenters. The molecule has 1 fully saturated rings. The van der Waals surface area contributed by atoms with Crippen LogP contribution in [-0.4, -0.2) is 26.2 Å². The van der Waals surface area contributed by atoms with Crippen molar-refractivity contribution in [3.05, 3.63) is 94.8 Å². The zero-order valence-electron chi connectivity index (χ0n) is 17.8. The van der Waals surface area contributed by atoms with E-state index in [0.29, 0.717) is 23.0 Å². The van der Waals surface area contributed by atoms with Gasteiger partial charge in [0.15, 0.2) is 0 Å². The lowest BCUT2D eigenvalue weighted by atomic mass is 9.68. The summed E-state index contributed by atoms with van der Waals surface area (Å²) >= 11 is 0. The minimum atomic E-state index is -0.325. The van der Waals surface area contributed by atoms with Gasteiger partial charge in [-0.05, 0) is 59.1 Å². The molecule has 0 N–H and O–H groups in total. The summed E-state index contributed by atoms with van der Waals surface area (Å²) in [5.41, 5.74) is 3.27. The first-order valence-electron chi connectivity index (χ1n) is 10.2. The van der Waals surface area contributed by atoms with E-state index in [-0.39, 0.29) is 17.4 Å². The third-order valence-corrected chi connectivity index (χ3v) is 6.45. The number of carbonyl (C=O) groups is 2. The maximum Gasteiger partial charge on any atom is 0.337 e. The van der Waals surface area contributed by atoms with Crippen LogP contribution in [0.5, 0.6) is 0 Å². The molecule has 2 aromatic carbocycles. The van der Waals surface area contributed by atoms with E-state index in [1.54, 1.807) is 0 Å². The molecule has 4 heteroatoms. The Morgan fingerprint density at radius 2 is 1.27 bits per heavy atom. The number of ether oxygens (including phenoxy) is 2. The molecule has 2 atom stereocenters. The SMILES string of the molecule is COC(=O)c1ccc([C]2C3C=CCC3[C](c3ccc(C(=O)OC)cc3)C2(C)C)cc1. The Balaban J connectivity index is 1.69. The number of rotatable bonds is 4. The first-order chi connectivity index (χ1) is 14.4. The van der Waals surface area contributed by atoms with Crippen molar-refractivity contribution in [2.45, 2.75) is 20.3 Å². The third kappa shape index (κ3) is 3.24. The Hall–Kier alpha value is -2.88. The molecule has 1 saturated carbocycles. The number of hydrogen-bond acceptors (Lipinski definition) is 4. The zero-order valence-corrected chi connectivity index (χ0v) is 17.8. The third-order valence-electron chi connectivity index (χ3n) is 6.45. The summed E-state index contributed by atoms with van der Waals surface area (Å²) in [6.07, 6.45) is 5.58. The van der Waals surface area contributed by atoms with Gasteiger partial charge in [0, 0.05) is 11.8 Å². The highest BCUT2D eigenvalue weighted by atomic mass is 16.5. The predicted molar refractivity (Wildman–Crippen MR) is 115 cm³/mol. The number of allylic oxidation sites excluding steroid dienone is 2. The molecule has 0 saturated heterocycles. The van der Waals surface area contributed by atoms with E-state index in [1.165, 1.54) is 26.1 Å². The Kier molecular flexibility index (Phi) is 5.27. The van der Waals surface area contributed by atoms with Gasteiger partial charge < -0.3 is 9.47 Å². The molecule has 0 spiro atoms. The van der Waals surface area contributed by atoms with E-state index in [2.05, 4.69) is 26.0 Å². The summed E-state index contributed by atoms with van der Waals surface area (Å²) in [6, 6.07) is 15.5. The quantitative estimate of drug-likeness (QED) is 0.531. The summed E-state index contributed by atoms with van der Waals surface area (Å²) < 4.78 is 9.66. The van der Waals surface area contributed by atoms with E-state index in [0.717, 1.165) is 17.5 Å². The van der Waals surface area contributed by atoms with E-state index in [9.17, 15) is 9.59 Å². The van der Waals surface area contributed by atoms with Gasteiger partial charge in [-0.3, -0.25) is 0 Å². The average Bonchev–Trinajstić information content (AvgIpc) is 3.29. The van der Waals surface area contributed by atoms with Gasteiger partial charge in [0.25, 0.3) is 0 Å². The van der Waals surface area contributed by atoms with Crippen LogP contribution in [0.4, 0.5) is 0 Å². The topological polar surface area (TPSA) is 52.6 Å². The number of esters is 2. The van der Waals surface area contributed by atoms with Crippen LogP contribution < -0.4 is 0 Å². The Morgan fingerprint density at radius 3 is 1.73 bits per heavy atom. The second-order valence-electron chi connectivity index (χ2n) is 8.39. The highest BCUT2D eigenvalue weighted by Crippen LogP contribution is 2.64. The molecule has 2 aliphatic carbocycles. The van der Waals surface area contributed by atoms with Crippen molar-refractivity contribution in [1.82, 2.24) is 0 Å². The van der Waals surface area contributed by atoms with Crippen LogP contribution in [0.25, 0.3) is 0 Å². The summed E-state index contributed by atoms with van der Waals surface area (Å²) in [5, 5.41) is 0. The molecule has 2 radical (unpaired) electrons. The van der Waals surface area contributed by atoms with Crippen molar-refractivity contribution >= 4 is 11.9 Å². The van der Waals surface area contributed by atoms with E-state index in [1.807, 2.05) is 48.5 Å². The van der Waals surface area contributed by atoms with E-state index >= 15 is 0 Å². The molecule has 2 aliphatic rings. The Labute approximate surface area is 177 Å². The minimum Gasteiger partial charge on any atom is -0.465 e. The monoisotopic (exact) mass is 402 g/mol. The van der Waals surface area contributed by atoms with Crippen molar-refractivity contribution in [2.24, 2.45) is 17.3 Å². The summed E-state index contributed by atoms with van der Waals surface area (Å²) in [7, 11) is 2.79. The van der Waals surface area contributed by atoms with Crippen LogP contribution in [0.1, 0.15) is 52.1 Å². The lowest BCUT2D eigenvalue weighted by Crippen LogP contribution is -2.26. The summed E-state index contributed by atoms with van der Waals surface area (Å²) in [4.78, 5) is 23.6. The maximum atomic E-state index is 11.8. The van der Waals surface area contributed by atoms with Crippen molar-refractivity contribution in [2.75, 3.05) is 14.2 Å². The molecule has 2 aromatic rings. The van der Waals surface area contributed by atoms with Gasteiger partial charge in [-0.1, -0.05) is 50.3 Å². The fraction of sp³-hybridized carbons (Fsp3) is 0.308. The lowest BCUT2D eigenvalue weighted by Gasteiger charge is -2.35. The van der Waals surface area contributed by atoms with Crippen LogP contribution in [0, 0.1) is 29.1 Å². The smallest absolute Gasteiger partial charge is 0.337 e. The fourth-order valence-corrected chi connectivity index (χ4v) is 5.21. The minimum absolute atomic E-state index is 0.153. The number of methoxy groups -OCH3 is 2. The van der Waals surface area contributed by atoms with Crippen LogP contribution in [-0.2, 0) is 9.47 Å². The van der Waals surface area contributed by atoms with Gasteiger partial charge in [-0.25, -0.2) is 9.59 Å². The number of fused-ring (bicyclic) bond motifs is 1. The predicted octanol–water partition coefficient (Wildman–Crippen LogP) is 5.04. The highest BCUT2D eigenvalue weighted by Gasteiger charge is 2.56. The Morgan fingerprint density at radius 1 is 0.800 bits per heavy atom. The van der Waals surface area contributed by atoms with Crippen molar-refractivity contribution in [3.63, 3.8) is 0 Å². The largest absolute Gasteiger partial charge is 0.465 e. The molecule has 4 rings (SSSR count). The van der Waals surface area contributed by atoms with Gasteiger partial charge >= 0.3 is 11.9 Å². The van der Waals surface area contributed by atoms with Crippen molar-refractivity contribution in [3.8, 4) is 0 Å². The van der Waals surface area contributed by atoms with Crippen molar-refractivity contribution in [1.29, 1.82) is 0 Å². The van der Waals surface area contributed by atoms with Gasteiger partial charge in [-0.2, -0.15) is 0 Å². The second-order valence-corrected chi connectivity index (χ2v) is 8.39. The first-order valence-corrected chi connectivity index (χ1v) is 10.2. The number of hydrogen-bond donors (Lipinski definition) is 0. The molecule has 154 valence electrons. The Bertz CT molecular complexity index is 969. The maximum absolute atomic E-state index is 11.8. The van der Waals surface area contributed by atoms with Gasteiger partial charge in [0.2, 0.25) is 0 Å². The normalized spacial score (nSPS) is 22.7. The number of carbonyl (C=O) groups excluding carboxylic acids is 2. The number of benzene rings is 2. The molecular formula is C26H26O4. The second kappa shape index (κ2) is 7.75. The van der Waals surface area contributed by atoms with Crippen LogP contribution in [0.2, 0.25) is 0 Å². The molecule has 4 nitrogen and oxygen atoms in total. The molecule has 0 bridgehead atoms. The lowest BCUT2D eigenvalue weighted by molar-refractivity contribution is 0.0592. The molecular weight excluding hydrogens is 376 g/mol. The average molecular weight is 402 g/mol. The van der Waals surface area contributed by atoms with Crippen LogP contribution >= 0.6 is 0 Å². The molecule has 0 aromatic heterocycles. The summed E-state index contributed by atoms with van der Waals surface area (Å²) in [5.74, 6) is 2.84. The van der Waals surface area contributed by atoms with E-state index < -0.39 is 0 Å². The molecule has 30 heavy (non-hydrogen) atoms. The molecule has 0 aliphatic heterocycles. The highest BCUT2D eigenvalue weighted by molar-refractivity contribution is 5.90. The van der Waals surface area contributed by atoms with Gasteiger partial charge in [-0.15, -0.1) is 0 Å². The van der Waals surface area contributed by atoms with Gasteiger partial charge in [0.05, 0.1) is 25.3 Å².